The molecule has 6 heteroatoms. The van der Waals surface area contributed by atoms with Crippen molar-refractivity contribution >= 4 is 13.6 Å². The standard InChI is InChI=1S/C4H10NO4P/c1-3(5)10(7,8)9-4(2)6/h3H,5H2,1-2H3,(H,7,8). The lowest BCUT2D eigenvalue weighted by Gasteiger charge is -2.12. The van der Waals surface area contributed by atoms with Gasteiger partial charge in [-0.05, 0) is 6.92 Å². The second-order valence-corrected chi connectivity index (χ2v) is 4.01. The second kappa shape index (κ2) is 3.14. The van der Waals surface area contributed by atoms with Crippen LogP contribution in [0.2, 0.25) is 0 Å². The van der Waals surface area contributed by atoms with E-state index in [2.05, 4.69) is 4.52 Å². The van der Waals surface area contributed by atoms with Crippen LogP contribution >= 0.6 is 7.60 Å². The third kappa shape index (κ3) is 2.96. The van der Waals surface area contributed by atoms with Gasteiger partial charge in [0.2, 0.25) is 0 Å². The molecule has 0 aromatic carbocycles. The highest BCUT2D eigenvalue weighted by Crippen LogP contribution is 2.44. The van der Waals surface area contributed by atoms with E-state index in [1.807, 2.05) is 0 Å². The van der Waals surface area contributed by atoms with Gasteiger partial charge in [0.25, 0.3) is 0 Å². The van der Waals surface area contributed by atoms with Gasteiger partial charge in [0.05, 0.1) is 0 Å². The molecule has 2 unspecified atom stereocenters. The van der Waals surface area contributed by atoms with Gasteiger partial charge in [-0.3, -0.25) is 4.79 Å². The number of hydrogen-bond donors (Lipinski definition) is 2. The summed E-state index contributed by atoms with van der Waals surface area (Å²) in [6.45, 7) is 2.34. The van der Waals surface area contributed by atoms with Gasteiger partial charge in [-0.1, -0.05) is 0 Å². The molecule has 0 aromatic heterocycles. The predicted molar refractivity (Wildman–Crippen MR) is 35.2 cm³/mol. The van der Waals surface area contributed by atoms with Crippen molar-refractivity contribution in [3.63, 3.8) is 0 Å². The maximum Gasteiger partial charge on any atom is 0.395 e. The summed E-state index contributed by atoms with van der Waals surface area (Å²) < 4.78 is 14.8. The van der Waals surface area contributed by atoms with Crippen molar-refractivity contribution in [2.75, 3.05) is 0 Å². The van der Waals surface area contributed by atoms with E-state index in [0.717, 1.165) is 6.92 Å². The maximum absolute atomic E-state index is 10.7. The van der Waals surface area contributed by atoms with E-state index in [1.165, 1.54) is 6.92 Å². The van der Waals surface area contributed by atoms with Gasteiger partial charge in [-0.15, -0.1) is 0 Å². The molecule has 0 rings (SSSR count). The Morgan fingerprint density at radius 2 is 2.20 bits per heavy atom. The molecule has 0 spiro atoms. The van der Waals surface area contributed by atoms with Gasteiger partial charge < -0.3 is 15.2 Å². The molecule has 0 aliphatic rings. The van der Waals surface area contributed by atoms with Crippen LogP contribution in [0.15, 0.2) is 0 Å². The Hall–Kier alpha value is -0.380. The summed E-state index contributed by atoms with van der Waals surface area (Å²) in [6.07, 6.45) is 0. The number of hydrogen-bond acceptors (Lipinski definition) is 4. The Bertz CT molecular complexity index is 178. The smallest absolute Gasteiger partial charge is 0.391 e. The zero-order valence-corrected chi connectivity index (χ0v) is 6.67. The molecule has 0 amide bonds. The van der Waals surface area contributed by atoms with Crippen molar-refractivity contribution in [3.8, 4) is 0 Å². The lowest BCUT2D eigenvalue weighted by atomic mass is 10.8. The van der Waals surface area contributed by atoms with E-state index in [0.29, 0.717) is 0 Å². The van der Waals surface area contributed by atoms with Gasteiger partial charge in [0, 0.05) is 6.92 Å². The Labute approximate surface area is 58.7 Å². The fraction of sp³-hybridized carbons (Fsp3) is 0.750. The molecule has 0 radical (unpaired) electrons. The minimum Gasteiger partial charge on any atom is -0.391 e. The molecular formula is C4H10NO4P. The van der Waals surface area contributed by atoms with E-state index in [4.69, 9.17) is 10.6 Å². The molecule has 0 aromatic rings. The minimum atomic E-state index is -3.89. The summed E-state index contributed by atoms with van der Waals surface area (Å²) in [5.74, 6) is -1.83. The summed E-state index contributed by atoms with van der Waals surface area (Å²) in [6, 6.07) is 0. The van der Waals surface area contributed by atoms with Gasteiger partial charge in [-0.2, -0.15) is 0 Å². The third-order valence-corrected chi connectivity index (χ3v) is 2.32. The van der Waals surface area contributed by atoms with Gasteiger partial charge >= 0.3 is 13.6 Å². The molecule has 0 aliphatic heterocycles. The van der Waals surface area contributed by atoms with Crippen LogP contribution in [0.3, 0.4) is 0 Å². The van der Waals surface area contributed by atoms with Gasteiger partial charge in [0.15, 0.2) is 0 Å². The van der Waals surface area contributed by atoms with E-state index in [1.54, 1.807) is 0 Å². The fourth-order valence-electron chi connectivity index (χ4n) is 0.267. The van der Waals surface area contributed by atoms with Crippen molar-refractivity contribution in [1.82, 2.24) is 0 Å². The molecular weight excluding hydrogens is 157 g/mol. The first kappa shape index (κ1) is 9.62. The maximum atomic E-state index is 10.7. The first-order valence-corrected chi connectivity index (χ1v) is 4.29. The highest BCUT2D eigenvalue weighted by Gasteiger charge is 2.27. The lowest BCUT2D eigenvalue weighted by molar-refractivity contribution is -0.132. The predicted octanol–water partition coefficient (Wildman–Crippen LogP) is 0.0396. The van der Waals surface area contributed by atoms with Crippen molar-refractivity contribution in [3.05, 3.63) is 0 Å². The third-order valence-electron chi connectivity index (χ3n) is 0.774. The molecule has 5 nitrogen and oxygen atoms in total. The number of nitrogens with two attached hydrogens (primary N) is 1. The molecule has 0 heterocycles. The quantitative estimate of drug-likeness (QED) is 0.566. The first-order chi connectivity index (χ1) is 4.36. The summed E-state index contributed by atoms with van der Waals surface area (Å²) in [5, 5.41) is 0. The van der Waals surface area contributed by atoms with Crippen LogP contribution in [0.4, 0.5) is 0 Å². The van der Waals surface area contributed by atoms with E-state index in [9.17, 15) is 9.36 Å². The van der Waals surface area contributed by atoms with Crippen LogP contribution in [-0.2, 0) is 13.9 Å². The summed E-state index contributed by atoms with van der Waals surface area (Å²) in [7, 11) is -3.89. The Kier molecular flexibility index (Phi) is 3.02. The Morgan fingerprint density at radius 3 is 2.30 bits per heavy atom. The molecule has 0 saturated carbocycles. The van der Waals surface area contributed by atoms with Crippen LogP contribution < -0.4 is 5.73 Å². The molecule has 60 valence electrons. The summed E-state index contributed by atoms with van der Waals surface area (Å²) >= 11 is 0. The molecule has 0 bridgehead atoms. The monoisotopic (exact) mass is 167 g/mol. The normalized spacial score (nSPS) is 19.2. The molecule has 2 atom stereocenters. The van der Waals surface area contributed by atoms with Crippen molar-refractivity contribution in [2.24, 2.45) is 5.73 Å². The number of carbonyl (C=O) groups is 1. The van der Waals surface area contributed by atoms with Crippen molar-refractivity contribution < 1.29 is 18.8 Å². The van der Waals surface area contributed by atoms with Crippen molar-refractivity contribution in [1.29, 1.82) is 0 Å². The molecule has 0 aliphatic carbocycles. The molecule has 0 fully saturated rings. The minimum absolute atomic E-state index is 0.803. The summed E-state index contributed by atoms with van der Waals surface area (Å²) in [4.78, 5) is 18.9. The molecule has 3 N–H and O–H groups in total. The van der Waals surface area contributed by atoms with E-state index < -0.39 is 19.3 Å². The van der Waals surface area contributed by atoms with Crippen molar-refractivity contribution in [2.45, 2.75) is 19.6 Å². The summed E-state index contributed by atoms with van der Waals surface area (Å²) in [5.41, 5.74) is 5.03. The number of rotatable bonds is 2. The molecule has 0 saturated heterocycles. The van der Waals surface area contributed by atoms with Crippen LogP contribution in [0.1, 0.15) is 13.8 Å². The highest BCUT2D eigenvalue weighted by molar-refractivity contribution is 7.54. The topological polar surface area (TPSA) is 89.6 Å². The zero-order valence-electron chi connectivity index (χ0n) is 5.77. The molecule has 10 heavy (non-hydrogen) atoms. The first-order valence-electron chi connectivity index (χ1n) is 2.64. The second-order valence-electron chi connectivity index (χ2n) is 1.89. The van der Waals surface area contributed by atoms with Gasteiger partial charge in [0.1, 0.15) is 5.78 Å². The largest absolute Gasteiger partial charge is 0.395 e. The SMILES string of the molecule is CC(=O)OP(=O)(O)C(C)N. The average Bonchev–Trinajstić information content (AvgIpc) is 1.60. The lowest BCUT2D eigenvalue weighted by Crippen LogP contribution is -2.17. The Morgan fingerprint density at radius 1 is 1.80 bits per heavy atom. The van der Waals surface area contributed by atoms with Crippen LogP contribution in [-0.4, -0.2) is 16.6 Å². The van der Waals surface area contributed by atoms with Crippen LogP contribution in [0.5, 0.6) is 0 Å². The van der Waals surface area contributed by atoms with E-state index >= 15 is 0 Å². The van der Waals surface area contributed by atoms with Crippen LogP contribution in [0, 0.1) is 0 Å². The van der Waals surface area contributed by atoms with Crippen LogP contribution in [0.25, 0.3) is 0 Å². The zero-order chi connectivity index (χ0) is 8.36. The number of carbonyl (C=O) groups excluding carboxylic acids is 1. The van der Waals surface area contributed by atoms with E-state index in [-0.39, 0.29) is 0 Å². The fourth-order valence-corrected chi connectivity index (χ4v) is 0.802. The van der Waals surface area contributed by atoms with Gasteiger partial charge in [-0.25, -0.2) is 4.57 Å². The average molecular weight is 167 g/mol. The Balaban J connectivity index is 4.14. The highest BCUT2D eigenvalue weighted by atomic mass is 31.2.